The lowest BCUT2D eigenvalue weighted by Crippen LogP contribution is -2.14. The number of hydrogen-bond acceptors (Lipinski definition) is 3. The molecule has 0 radical (unpaired) electrons. The van der Waals surface area contributed by atoms with Crippen LogP contribution < -0.4 is 14.8 Å². The molecule has 1 aromatic carbocycles. The largest absolute Gasteiger partial charge is 0.493 e. The van der Waals surface area contributed by atoms with Crippen molar-refractivity contribution >= 4 is 15.9 Å². The molecule has 4 heteroatoms. The molecular formula is C14H20BrNO2. The highest BCUT2D eigenvalue weighted by Crippen LogP contribution is 2.38. The molecule has 1 fully saturated rings. The lowest BCUT2D eigenvalue weighted by atomic mass is 10.0. The highest BCUT2D eigenvalue weighted by atomic mass is 79.9. The van der Waals surface area contributed by atoms with Crippen LogP contribution >= 0.6 is 15.9 Å². The molecule has 1 N–H and O–H groups in total. The summed E-state index contributed by atoms with van der Waals surface area (Å²) in [5.74, 6) is 1.59. The maximum atomic E-state index is 5.76. The van der Waals surface area contributed by atoms with Gasteiger partial charge in [-0.25, -0.2) is 0 Å². The van der Waals surface area contributed by atoms with Crippen molar-refractivity contribution < 1.29 is 9.47 Å². The zero-order chi connectivity index (χ0) is 13.1. The van der Waals surface area contributed by atoms with E-state index in [-0.39, 0.29) is 6.10 Å². The summed E-state index contributed by atoms with van der Waals surface area (Å²) >= 11 is 3.63. The molecule has 100 valence electrons. The molecule has 1 aromatic rings. The van der Waals surface area contributed by atoms with Gasteiger partial charge >= 0.3 is 0 Å². The minimum atomic E-state index is 0.140. The molecule has 1 heterocycles. The van der Waals surface area contributed by atoms with Gasteiger partial charge in [-0.1, -0.05) is 15.9 Å². The second kappa shape index (κ2) is 5.93. The predicted molar refractivity (Wildman–Crippen MR) is 76.4 cm³/mol. The van der Waals surface area contributed by atoms with E-state index in [1.165, 1.54) is 18.4 Å². The van der Waals surface area contributed by atoms with Crippen LogP contribution in [-0.4, -0.2) is 19.8 Å². The van der Waals surface area contributed by atoms with Gasteiger partial charge in [0.2, 0.25) is 0 Å². The van der Waals surface area contributed by atoms with Crippen LogP contribution in [0.2, 0.25) is 0 Å². The Morgan fingerprint density at radius 1 is 1.33 bits per heavy atom. The summed E-state index contributed by atoms with van der Waals surface area (Å²) < 4.78 is 12.3. The fraction of sp³-hybridized carbons (Fsp3) is 0.571. The van der Waals surface area contributed by atoms with Gasteiger partial charge in [-0.05, 0) is 50.9 Å². The van der Waals surface area contributed by atoms with Crippen LogP contribution in [0.15, 0.2) is 16.6 Å². The standard InChI is InChI=1S/C14H20BrNO2/c1-9(2)18-14-8-11(15)10(7-13(14)17-3)12-5-4-6-16-12/h7-9,12,16H,4-6H2,1-3H3. The van der Waals surface area contributed by atoms with Crippen LogP contribution in [-0.2, 0) is 0 Å². The summed E-state index contributed by atoms with van der Waals surface area (Å²) in [5.41, 5.74) is 1.25. The number of ether oxygens (including phenoxy) is 2. The third kappa shape index (κ3) is 2.98. The van der Waals surface area contributed by atoms with E-state index in [2.05, 4.69) is 27.3 Å². The van der Waals surface area contributed by atoms with Gasteiger partial charge in [0.05, 0.1) is 13.2 Å². The van der Waals surface area contributed by atoms with Gasteiger partial charge in [-0.2, -0.15) is 0 Å². The van der Waals surface area contributed by atoms with Gasteiger partial charge in [-0.3, -0.25) is 0 Å². The monoisotopic (exact) mass is 313 g/mol. The molecule has 3 nitrogen and oxygen atoms in total. The lowest BCUT2D eigenvalue weighted by Gasteiger charge is -2.18. The summed E-state index contributed by atoms with van der Waals surface area (Å²) in [5, 5.41) is 3.50. The van der Waals surface area contributed by atoms with Crippen LogP contribution in [0.5, 0.6) is 11.5 Å². The van der Waals surface area contributed by atoms with Crippen LogP contribution in [0.1, 0.15) is 38.3 Å². The highest BCUT2D eigenvalue weighted by Gasteiger charge is 2.21. The van der Waals surface area contributed by atoms with Crippen molar-refractivity contribution in [1.29, 1.82) is 0 Å². The number of benzene rings is 1. The molecule has 0 bridgehead atoms. The van der Waals surface area contributed by atoms with Crippen molar-refractivity contribution in [3.05, 3.63) is 22.2 Å². The van der Waals surface area contributed by atoms with Gasteiger partial charge in [-0.15, -0.1) is 0 Å². The molecule has 2 rings (SSSR count). The lowest BCUT2D eigenvalue weighted by molar-refractivity contribution is 0.230. The number of hydrogen-bond donors (Lipinski definition) is 1. The van der Waals surface area contributed by atoms with Gasteiger partial charge in [0.25, 0.3) is 0 Å². The third-order valence-corrected chi connectivity index (χ3v) is 3.77. The van der Waals surface area contributed by atoms with Crippen LogP contribution in [0.3, 0.4) is 0 Å². The van der Waals surface area contributed by atoms with Crippen LogP contribution in [0.25, 0.3) is 0 Å². The normalized spacial score (nSPS) is 19.3. The van der Waals surface area contributed by atoms with E-state index in [0.29, 0.717) is 6.04 Å². The van der Waals surface area contributed by atoms with Crippen molar-refractivity contribution in [2.75, 3.05) is 13.7 Å². The van der Waals surface area contributed by atoms with Gasteiger partial charge in [0, 0.05) is 10.5 Å². The molecule has 0 saturated carbocycles. The first-order valence-electron chi connectivity index (χ1n) is 6.39. The smallest absolute Gasteiger partial charge is 0.162 e. The number of halogens is 1. The Kier molecular flexibility index (Phi) is 4.51. The second-order valence-electron chi connectivity index (χ2n) is 4.84. The van der Waals surface area contributed by atoms with Crippen molar-refractivity contribution in [2.45, 2.75) is 38.8 Å². The second-order valence-corrected chi connectivity index (χ2v) is 5.69. The molecule has 0 aromatic heterocycles. The molecule has 1 unspecified atom stereocenters. The number of rotatable bonds is 4. The zero-order valence-corrected chi connectivity index (χ0v) is 12.7. The Bertz CT molecular complexity index is 415. The Hall–Kier alpha value is -0.740. The molecule has 1 atom stereocenters. The summed E-state index contributed by atoms with van der Waals surface area (Å²) in [6.45, 7) is 5.11. The fourth-order valence-electron chi connectivity index (χ4n) is 2.27. The van der Waals surface area contributed by atoms with E-state index < -0.39 is 0 Å². The third-order valence-electron chi connectivity index (χ3n) is 3.08. The Morgan fingerprint density at radius 3 is 2.67 bits per heavy atom. The average Bonchev–Trinajstić information content (AvgIpc) is 2.82. The van der Waals surface area contributed by atoms with E-state index in [1.54, 1.807) is 7.11 Å². The van der Waals surface area contributed by atoms with Gasteiger partial charge in [0.15, 0.2) is 11.5 Å². The van der Waals surface area contributed by atoms with Crippen molar-refractivity contribution in [3.63, 3.8) is 0 Å². The molecule has 0 amide bonds. The fourth-order valence-corrected chi connectivity index (χ4v) is 2.87. The average molecular weight is 314 g/mol. The molecule has 1 aliphatic rings. The van der Waals surface area contributed by atoms with Gasteiger partial charge < -0.3 is 14.8 Å². The van der Waals surface area contributed by atoms with E-state index >= 15 is 0 Å². The van der Waals surface area contributed by atoms with Crippen molar-refractivity contribution in [1.82, 2.24) is 5.32 Å². The Labute approximate surface area is 117 Å². The SMILES string of the molecule is COc1cc(C2CCCN2)c(Br)cc1OC(C)C. The minimum absolute atomic E-state index is 0.140. The summed E-state index contributed by atoms with van der Waals surface area (Å²) in [6, 6.07) is 4.50. The molecule has 0 spiro atoms. The maximum Gasteiger partial charge on any atom is 0.162 e. The minimum Gasteiger partial charge on any atom is -0.493 e. The van der Waals surface area contributed by atoms with E-state index in [4.69, 9.17) is 9.47 Å². The van der Waals surface area contributed by atoms with Crippen molar-refractivity contribution in [2.24, 2.45) is 0 Å². The van der Waals surface area contributed by atoms with Crippen LogP contribution in [0.4, 0.5) is 0 Å². The zero-order valence-electron chi connectivity index (χ0n) is 11.1. The molecule has 0 aliphatic carbocycles. The maximum absolute atomic E-state index is 5.76. The van der Waals surface area contributed by atoms with E-state index in [0.717, 1.165) is 22.5 Å². The Morgan fingerprint density at radius 2 is 2.11 bits per heavy atom. The summed E-state index contributed by atoms with van der Waals surface area (Å²) in [6.07, 6.45) is 2.54. The first-order chi connectivity index (χ1) is 8.61. The van der Waals surface area contributed by atoms with Crippen molar-refractivity contribution in [3.8, 4) is 11.5 Å². The quantitative estimate of drug-likeness (QED) is 0.920. The van der Waals surface area contributed by atoms with E-state index in [9.17, 15) is 0 Å². The molecule has 1 saturated heterocycles. The summed E-state index contributed by atoms with van der Waals surface area (Å²) in [7, 11) is 1.68. The van der Waals surface area contributed by atoms with Crippen LogP contribution in [0, 0.1) is 0 Å². The highest BCUT2D eigenvalue weighted by molar-refractivity contribution is 9.10. The first kappa shape index (κ1) is 13.7. The molecule has 18 heavy (non-hydrogen) atoms. The number of methoxy groups -OCH3 is 1. The molecular weight excluding hydrogens is 294 g/mol. The topological polar surface area (TPSA) is 30.5 Å². The predicted octanol–water partition coefficient (Wildman–Crippen LogP) is 3.67. The number of nitrogens with one attached hydrogen (secondary N) is 1. The summed E-state index contributed by atoms with van der Waals surface area (Å²) in [4.78, 5) is 0. The first-order valence-corrected chi connectivity index (χ1v) is 7.18. The Balaban J connectivity index is 2.32. The van der Waals surface area contributed by atoms with E-state index in [1.807, 2.05) is 19.9 Å². The molecule has 1 aliphatic heterocycles. The van der Waals surface area contributed by atoms with Gasteiger partial charge in [0.1, 0.15) is 0 Å².